The number of likely N-dealkylation sites (tertiary alicyclic amines) is 1. The maximum Gasteiger partial charge on any atom is 0.500 e. The third kappa shape index (κ3) is 4.50. The number of hydrogen-bond acceptors (Lipinski definition) is 5. The monoisotopic (exact) mass is 318 g/mol. The second kappa shape index (κ2) is 7.06. The summed E-state index contributed by atoms with van der Waals surface area (Å²) < 4.78 is 16.5. The van der Waals surface area contributed by atoms with Crippen LogP contribution in [-0.4, -0.2) is 58.7 Å². The first-order valence-corrected chi connectivity index (χ1v) is 9.74. The van der Waals surface area contributed by atoms with Crippen LogP contribution in [0.25, 0.3) is 0 Å². The molecule has 1 saturated heterocycles. The highest BCUT2D eigenvalue weighted by Gasteiger charge is 2.44. The van der Waals surface area contributed by atoms with Crippen LogP contribution in [-0.2, 0) is 13.3 Å². The second-order valence-electron chi connectivity index (χ2n) is 7.34. The minimum absolute atomic E-state index is 0.124. The van der Waals surface area contributed by atoms with E-state index in [0.717, 1.165) is 31.9 Å². The van der Waals surface area contributed by atoms with Gasteiger partial charge >= 0.3 is 8.80 Å². The van der Waals surface area contributed by atoms with Crippen molar-refractivity contribution in [1.29, 1.82) is 0 Å². The molecule has 1 heterocycles. The zero-order valence-corrected chi connectivity index (χ0v) is 15.9. The molecule has 0 spiro atoms. The Morgan fingerprint density at radius 2 is 1.43 bits per heavy atom. The molecule has 1 fully saturated rings. The molecule has 0 radical (unpaired) electrons. The maximum atomic E-state index is 6.23. The number of rotatable bonds is 7. The molecule has 6 heteroatoms. The predicted octanol–water partition coefficient (Wildman–Crippen LogP) is 2.23. The van der Waals surface area contributed by atoms with Crippen LogP contribution in [0.4, 0.5) is 0 Å². The standard InChI is InChI=1S/C15H34N2O3Si/c1-14(2)11-13(16)12-15(3,4)17(14)9-8-10-21(18-5,19-6)20-7/h13H,8-12,16H2,1-7H3. The molecular weight excluding hydrogens is 284 g/mol. The lowest BCUT2D eigenvalue weighted by Crippen LogP contribution is -2.63. The normalized spacial score (nSPS) is 23.4. The van der Waals surface area contributed by atoms with E-state index < -0.39 is 8.80 Å². The van der Waals surface area contributed by atoms with Gasteiger partial charge in [0.1, 0.15) is 0 Å². The molecule has 0 aliphatic carbocycles. The Bertz CT molecular complexity index is 307. The highest BCUT2D eigenvalue weighted by atomic mass is 28.4. The van der Waals surface area contributed by atoms with Gasteiger partial charge in [-0.1, -0.05) is 0 Å². The molecule has 0 unspecified atom stereocenters. The molecule has 2 N–H and O–H groups in total. The lowest BCUT2D eigenvalue weighted by atomic mass is 9.77. The second-order valence-corrected chi connectivity index (χ2v) is 10.4. The SMILES string of the molecule is CO[Si](CCCN1C(C)(C)CC(N)CC1(C)C)(OC)OC. The maximum absolute atomic E-state index is 6.23. The summed E-state index contributed by atoms with van der Waals surface area (Å²) in [5, 5.41) is 0. The van der Waals surface area contributed by atoms with Gasteiger partial charge < -0.3 is 19.0 Å². The van der Waals surface area contributed by atoms with Crippen LogP contribution in [0.2, 0.25) is 6.04 Å². The molecule has 0 amide bonds. The number of piperidine rings is 1. The molecule has 0 atom stereocenters. The van der Waals surface area contributed by atoms with Gasteiger partial charge in [-0.3, -0.25) is 4.90 Å². The molecule has 0 aromatic rings. The minimum Gasteiger partial charge on any atom is -0.377 e. The predicted molar refractivity (Wildman–Crippen MR) is 88.3 cm³/mol. The molecule has 21 heavy (non-hydrogen) atoms. The van der Waals surface area contributed by atoms with Gasteiger partial charge in [-0.05, 0) is 53.5 Å². The van der Waals surface area contributed by atoms with Gasteiger partial charge in [0.05, 0.1) is 0 Å². The van der Waals surface area contributed by atoms with Gasteiger partial charge in [-0.15, -0.1) is 0 Å². The van der Waals surface area contributed by atoms with Crippen molar-refractivity contribution < 1.29 is 13.3 Å². The average Bonchev–Trinajstić information content (AvgIpc) is 2.36. The number of nitrogens with zero attached hydrogens (tertiary/aromatic N) is 1. The van der Waals surface area contributed by atoms with Crippen LogP contribution in [0, 0.1) is 0 Å². The summed E-state index contributed by atoms with van der Waals surface area (Å²) in [7, 11) is 2.56. The third-order valence-corrected chi connectivity index (χ3v) is 7.61. The van der Waals surface area contributed by atoms with Gasteiger partial charge in [0.25, 0.3) is 0 Å². The fourth-order valence-corrected chi connectivity index (χ4v) is 5.71. The van der Waals surface area contributed by atoms with Gasteiger partial charge in [0, 0.05) is 44.5 Å². The topological polar surface area (TPSA) is 57.0 Å². The van der Waals surface area contributed by atoms with Crippen molar-refractivity contribution in [3.63, 3.8) is 0 Å². The van der Waals surface area contributed by atoms with Crippen molar-refractivity contribution in [2.75, 3.05) is 27.9 Å². The van der Waals surface area contributed by atoms with E-state index in [0.29, 0.717) is 0 Å². The molecule has 1 aliphatic rings. The van der Waals surface area contributed by atoms with Crippen molar-refractivity contribution in [3.05, 3.63) is 0 Å². The summed E-state index contributed by atoms with van der Waals surface area (Å²) >= 11 is 0. The molecule has 5 nitrogen and oxygen atoms in total. The quantitative estimate of drug-likeness (QED) is 0.730. The van der Waals surface area contributed by atoms with Crippen molar-refractivity contribution >= 4 is 8.80 Å². The van der Waals surface area contributed by atoms with Crippen molar-refractivity contribution in [3.8, 4) is 0 Å². The van der Waals surface area contributed by atoms with E-state index in [1.807, 2.05) is 0 Å². The summed E-state index contributed by atoms with van der Waals surface area (Å²) in [5.74, 6) is 0. The summed E-state index contributed by atoms with van der Waals surface area (Å²) in [6.07, 6.45) is 3.08. The zero-order valence-electron chi connectivity index (χ0n) is 14.9. The van der Waals surface area contributed by atoms with Crippen molar-refractivity contribution in [2.24, 2.45) is 5.73 Å². The first-order chi connectivity index (χ1) is 9.62. The van der Waals surface area contributed by atoms with E-state index in [2.05, 4.69) is 32.6 Å². The van der Waals surface area contributed by atoms with Crippen LogP contribution in [0.15, 0.2) is 0 Å². The zero-order chi connectivity index (χ0) is 16.3. The first kappa shape index (κ1) is 19.1. The molecule has 0 saturated carbocycles. The molecule has 1 rings (SSSR count). The Labute approximate surface area is 131 Å². The van der Waals surface area contributed by atoms with Crippen molar-refractivity contribution in [2.45, 2.75) is 70.1 Å². The Kier molecular flexibility index (Phi) is 6.41. The van der Waals surface area contributed by atoms with Crippen LogP contribution in [0.1, 0.15) is 47.0 Å². The first-order valence-electron chi connectivity index (χ1n) is 7.81. The van der Waals surface area contributed by atoms with E-state index in [-0.39, 0.29) is 17.1 Å². The summed E-state index contributed by atoms with van der Waals surface area (Å²) in [6, 6.07) is 1.13. The van der Waals surface area contributed by atoms with Crippen LogP contribution in [0.5, 0.6) is 0 Å². The van der Waals surface area contributed by atoms with Gasteiger partial charge in [0.2, 0.25) is 0 Å². The molecule has 0 aromatic carbocycles. The molecule has 0 bridgehead atoms. The summed E-state index contributed by atoms with van der Waals surface area (Å²) in [5.41, 5.74) is 6.48. The number of nitrogens with two attached hydrogens (primary N) is 1. The Hall–Kier alpha value is 0.0169. The van der Waals surface area contributed by atoms with E-state index in [1.165, 1.54) is 0 Å². The molecule has 0 aromatic heterocycles. The Morgan fingerprint density at radius 3 is 1.81 bits per heavy atom. The van der Waals surface area contributed by atoms with Gasteiger partial charge in [-0.2, -0.15) is 0 Å². The highest BCUT2D eigenvalue weighted by Crippen LogP contribution is 2.38. The fourth-order valence-electron chi connectivity index (χ4n) is 4.01. The lowest BCUT2D eigenvalue weighted by Gasteiger charge is -2.55. The largest absolute Gasteiger partial charge is 0.500 e. The van der Waals surface area contributed by atoms with E-state index in [9.17, 15) is 0 Å². The van der Waals surface area contributed by atoms with Crippen molar-refractivity contribution in [1.82, 2.24) is 4.90 Å². The molecule has 126 valence electrons. The molecular formula is C15H34N2O3Si. The molecule has 1 aliphatic heterocycles. The minimum atomic E-state index is -2.46. The Balaban J connectivity index is 2.68. The van der Waals surface area contributed by atoms with Crippen LogP contribution in [0.3, 0.4) is 0 Å². The lowest BCUT2D eigenvalue weighted by molar-refractivity contribution is -0.0351. The van der Waals surface area contributed by atoms with Gasteiger partial charge in [-0.25, -0.2) is 0 Å². The number of hydrogen-bond donors (Lipinski definition) is 1. The van der Waals surface area contributed by atoms with Gasteiger partial charge in [0.15, 0.2) is 0 Å². The van der Waals surface area contributed by atoms with Crippen LogP contribution >= 0.6 is 0 Å². The summed E-state index contributed by atoms with van der Waals surface area (Å²) in [4.78, 5) is 2.59. The van der Waals surface area contributed by atoms with Crippen LogP contribution < -0.4 is 5.73 Å². The smallest absolute Gasteiger partial charge is 0.377 e. The van der Waals surface area contributed by atoms with E-state index >= 15 is 0 Å². The van der Waals surface area contributed by atoms with E-state index in [4.69, 9.17) is 19.0 Å². The summed E-state index contributed by atoms with van der Waals surface area (Å²) in [6.45, 7) is 10.2. The highest BCUT2D eigenvalue weighted by molar-refractivity contribution is 6.60. The average molecular weight is 319 g/mol. The van der Waals surface area contributed by atoms with E-state index in [1.54, 1.807) is 21.3 Å². The fraction of sp³-hybridized carbons (Fsp3) is 1.00. The Morgan fingerprint density at radius 1 is 1.00 bits per heavy atom. The third-order valence-electron chi connectivity index (χ3n) is 4.78.